The fourth-order valence-corrected chi connectivity index (χ4v) is 0. The second kappa shape index (κ2) is 8.87. The van der Waals surface area contributed by atoms with Crippen LogP contribution in [0, 0.1) is 41.7 Å². The van der Waals surface area contributed by atoms with Crippen LogP contribution in [-0.2, 0) is 3.84 Å². The molecule has 0 spiro atoms. The maximum Gasteiger partial charge on any atom is 0.0832 e. The van der Waals surface area contributed by atoms with Gasteiger partial charge in [-0.15, -0.1) is 0 Å². The third kappa shape index (κ3) is 9.07. The van der Waals surface area contributed by atoms with Crippen LogP contribution in [0.5, 0.6) is 0 Å². The number of halogens is 2. The van der Waals surface area contributed by atoms with Gasteiger partial charge in [-0.05, 0) is 0 Å². The quantitative estimate of drug-likeness (QED) is 0.606. The van der Waals surface area contributed by atoms with Gasteiger partial charge in [0.25, 0.3) is 0 Å². The summed E-state index contributed by atoms with van der Waals surface area (Å²) >= 11 is 8.53. The first kappa shape index (κ1) is 9.32. The molecule has 0 fully saturated rings. The molecule has 0 aromatic heterocycles. The number of hydrogen-bond acceptors (Lipinski definition) is 1. The van der Waals surface area contributed by atoms with E-state index in [-0.39, 0.29) is 41.7 Å². The van der Waals surface area contributed by atoms with Crippen LogP contribution in [0.1, 0.15) is 0 Å². The van der Waals surface area contributed by atoms with Gasteiger partial charge in [0.05, 0.1) is 23.7 Å². The monoisotopic (exact) mass is 226 g/mol. The van der Waals surface area contributed by atoms with Crippen molar-refractivity contribution >= 4 is 23.7 Å². The minimum Gasteiger partial charge on any atom is -0.166 e. The van der Waals surface area contributed by atoms with E-state index < -0.39 is 0 Å². The van der Waals surface area contributed by atoms with E-state index in [1.54, 1.807) is 0 Å². The Morgan fingerprint density at radius 3 is 1.25 bits per heavy atom. The standard InChI is InChI=1S/Ce.Cl2O/c;1-3-2. The van der Waals surface area contributed by atoms with E-state index in [0.29, 0.717) is 0 Å². The SMILES string of the molecule is ClOCl.[Ce]. The molecular formula is CeCl2O. The van der Waals surface area contributed by atoms with E-state index in [1.165, 1.54) is 0 Å². The third-order valence-corrected chi connectivity index (χ3v) is 0. The van der Waals surface area contributed by atoms with Crippen LogP contribution in [0.2, 0.25) is 0 Å². The summed E-state index contributed by atoms with van der Waals surface area (Å²) in [5.74, 6) is 0. The fourth-order valence-electron chi connectivity index (χ4n) is 0. The number of rotatable bonds is 0. The molecule has 0 atom stereocenters. The van der Waals surface area contributed by atoms with Crippen molar-refractivity contribution in [2.75, 3.05) is 0 Å². The number of hydrogen-bond donors (Lipinski definition) is 0. The van der Waals surface area contributed by atoms with Crippen LogP contribution >= 0.6 is 23.7 Å². The van der Waals surface area contributed by atoms with Crippen LogP contribution < -0.4 is 0 Å². The van der Waals surface area contributed by atoms with Crippen LogP contribution in [0.3, 0.4) is 0 Å². The van der Waals surface area contributed by atoms with Crippen molar-refractivity contribution in [1.82, 2.24) is 0 Å². The molecule has 0 aliphatic heterocycles. The minimum atomic E-state index is 0. The van der Waals surface area contributed by atoms with E-state index >= 15 is 0 Å². The van der Waals surface area contributed by atoms with E-state index in [2.05, 4.69) is 27.6 Å². The first-order valence-corrected chi connectivity index (χ1v) is 0.926. The average molecular weight is 227 g/mol. The van der Waals surface area contributed by atoms with Gasteiger partial charge in [0.1, 0.15) is 0 Å². The molecule has 0 aliphatic carbocycles. The topological polar surface area (TPSA) is 9.23 Å². The largest absolute Gasteiger partial charge is 0.166 e. The molecule has 0 saturated carbocycles. The average Bonchev–Trinajstić information content (AvgIpc) is 0.918. The second-order valence-corrected chi connectivity index (χ2v) is 0.525. The predicted molar refractivity (Wildman–Crippen MR) is 12.8 cm³/mol. The summed E-state index contributed by atoms with van der Waals surface area (Å²) < 4.78 is 3.19. The van der Waals surface area contributed by atoms with E-state index in [0.717, 1.165) is 0 Å². The molecule has 0 radical (unpaired) electrons. The molecule has 0 N–H and O–H groups in total. The fraction of sp³-hybridized carbons (Fsp3) is 0. The zero-order valence-corrected chi connectivity index (χ0v) is 6.32. The summed E-state index contributed by atoms with van der Waals surface area (Å²) in [6.45, 7) is 0. The smallest absolute Gasteiger partial charge is 0.0832 e. The molecule has 24 valence electrons. The van der Waals surface area contributed by atoms with Gasteiger partial charge in [0.2, 0.25) is 0 Å². The Hall–Kier alpha value is 1.92. The summed E-state index contributed by atoms with van der Waals surface area (Å²) in [5, 5.41) is 0. The Kier molecular flexibility index (Phi) is 20.7. The van der Waals surface area contributed by atoms with Gasteiger partial charge < -0.3 is 0 Å². The summed E-state index contributed by atoms with van der Waals surface area (Å²) in [5.41, 5.74) is 0. The summed E-state index contributed by atoms with van der Waals surface area (Å²) in [6, 6.07) is 0. The van der Waals surface area contributed by atoms with Crippen molar-refractivity contribution in [3.63, 3.8) is 0 Å². The first-order chi connectivity index (χ1) is 1.41. The third-order valence-electron chi connectivity index (χ3n) is 0. The molecule has 0 bridgehead atoms. The van der Waals surface area contributed by atoms with Crippen molar-refractivity contribution < 1.29 is 45.6 Å². The normalized spacial score (nSPS) is 4.50. The van der Waals surface area contributed by atoms with Crippen molar-refractivity contribution in [2.24, 2.45) is 0 Å². The maximum atomic E-state index is 4.26. The zero-order valence-electron chi connectivity index (χ0n) is 1.66. The molecule has 4 heavy (non-hydrogen) atoms. The van der Waals surface area contributed by atoms with Crippen LogP contribution in [0.25, 0.3) is 0 Å². The molecule has 0 heterocycles. The first-order valence-electron chi connectivity index (χ1n) is 0.309. The van der Waals surface area contributed by atoms with Crippen molar-refractivity contribution in [3.05, 3.63) is 0 Å². The van der Waals surface area contributed by atoms with Crippen LogP contribution in [-0.4, -0.2) is 0 Å². The molecule has 0 aromatic carbocycles. The van der Waals surface area contributed by atoms with Gasteiger partial charge in [-0.1, -0.05) is 0 Å². The van der Waals surface area contributed by atoms with Crippen LogP contribution in [0.4, 0.5) is 0 Å². The van der Waals surface area contributed by atoms with Gasteiger partial charge in [0, 0.05) is 41.7 Å². The maximum absolute atomic E-state index is 4.26. The molecule has 0 aromatic rings. The van der Waals surface area contributed by atoms with Gasteiger partial charge in [-0.3, -0.25) is 0 Å². The Morgan fingerprint density at radius 2 is 1.25 bits per heavy atom. The Balaban J connectivity index is 0. The predicted octanol–water partition coefficient (Wildman–Crippen LogP) is 1.31. The van der Waals surface area contributed by atoms with Crippen molar-refractivity contribution in [1.29, 1.82) is 0 Å². The van der Waals surface area contributed by atoms with Crippen molar-refractivity contribution in [2.45, 2.75) is 0 Å². The van der Waals surface area contributed by atoms with E-state index in [1.807, 2.05) is 0 Å². The molecule has 0 amide bonds. The van der Waals surface area contributed by atoms with E-state index in [9.17, 15) is 0 Å². The molecule has 0 unspecified atom stereocenters. The summed E-state index contributed by atoms with van der Waals surface area (Å²) in [7, 11) is 0. The Bertz CT molecular complexity index is 6.00. The molecule has 0 rings (SSSR count). The molecular weight excluding hydrogens is 227 g/mol. The summed E-state index contributed by atoms with van der Waals surface area (Å²) in [4.78, 5) is 0. The Labute approximate surface area is 68.3 Å². The van der Waals surface area contributed by atoms with Gasteiger partial charge in [-0.2, -0.15) is 3.84 Å². The summed E-state index contributed by atoms with van der Waals surface area (Å²) in [6.07, 6.45) is 0. The van der Waals surface area contributed by atoms with Gasteiger partial charge in [0.15, 0.2) is 0 Å². The molecule has 0 aliphatic rings. The zero-order chi connectivity index (χ0) is 2.71. The molecule has 1 nitrogen and oxygen atoms in total. The van der Waals surface area contributed by atoms with Gasteiger partial charge >= 0.3 is 0 Å². The molecule has 0 saturated heterocycles. The second-order valence-electron chi connectivity index (χ2n) is 0.0583. The minimum absolute atomic E-state index is 0. The molecule has 4 heteroatoms. The van der Waals surface area contributed by atoms with Crippen LogP contribution in [0.15, 0.2) is 0 Å². The Morgan fingerprint density at radius 1 is 1.25 bits per heavy atom. The van der Waals surface area contributed by atoms with E-state index in [4.69, 9.17) is 0 Å². The van der Waals surface area contributed by atoms with Crippen molar-refractivity contribution in [3.8, 4) is 0 Å². The van der Waals surface area contributed by atoms with Gasteiger partial charge in [-0.25, -0.2) is 0 Å².